The fourth-order valence-electron chi connectivity index (χ4n) is 1.70. The van der Waals surface area contributed by atoms with E-state index < -0.39 is 46.2 Å². The molecule has 0 atom stereocenters. The van der Waals surface area contributed by atoms with E-state index in [0.29, 0.717) is 6.07 Å². The largest absolute Gasteiger partial charge is 0.514 e. The van der Waals surface area contributed by atoms with E-state index in [4.69, 9.17) is 0 Å². The Morgan fingerprint density at radius 1 is 1.29 bits per heavy atom. The lowest BCUT2D eigenvalue weighted by Crippen LogP contribution is -2.17. The summed E-state index contributed by atoms with van der Waals surface area (Å²) in [5, 5.41) is 21.9. The summed E-state index contributed by atoms with van der Waals surface area (Å²) in [7, 11) is 0. The summed E-state index contributed by atoms with van der Waals surface area (Å²) in [6.07, 6.45) is -2.75. The maximum Gasteiger partial charge on any atom is 0.514 e. The molecule has 0 saturated heterocycles. The highest BCUT2D eigenvalue weighted by Gasteiger charge is 2.27. The number of rotatable bonds is 8. The number of ether oxygens (including phenoxy) is 2. The molecule has 0 aliphatic carbocycles. The van der Waals surface area contributed by atoms with Gasteiger partial charge in [-0.2, -0.15) is 0 Å². The molecule has 0 amide bonds. The van der Waals surface area contributed by atoms with E-state index in [1.807, 2.05) is 0 Å². The summed E-state index contributed by atoms with van der Waals surface area (Å²) in [5.41, 5.74) is -1.45. The Bertz CT molecular complexity index is 664. The third-order valence-corrected chi connectivity index (χ3v) is 2.67. The molecule has 0 radical (unpaired) electrons. The van der Waals surface area contributed by atoms with Crippen LogP contribution in [-0.4, -0.2) is 29.0 Å². The molecule has 11 heteroatoms. The lowest BCUT2D eigenvalue weighted by Gasteiger charge is -2.10. The van der Waals surface area contributed by atoms with Crippen LogP contribution < -0.4 is 4.74 Å². The Morgan fingerprint density at radius 3 is 2.46 bits per heavy atom. The van der Waals surface area contributed by atoms with Gasteiger partial charge in [0.2, 0.25) is 5.75 Å². The van der Waals surface area contributed by atoms with Crippen molar-refractivity contribution in [1.29, 1.82) is 0 Å². The van der Waals surface area contributed by atoms with Crippen molar-refractivity contribution in [3.8, 4) is 5.75 Å². The molecule has 24 heavy (non-hydrogen) atoms. The second-order valence-corrected chi connectivity index (χ2v) is 4.35. The first-order valence-corrected chi connectivity index (χ1v) is 6.45. The van der Waals surface area contributed by atoms with E-state index in [9.17, 15) is 33.8 Å². The van der Waals surface area contributed by atoms with Gasteiger partial charge in [0, 0.05) is 11.6 Å². The molecule has 1 rings (SSSR count). The van der Waals surface area contributed by atoms with E-state index >= 15 is 0 Å². The van der Waals surface area contributed by atoms with Crippen LogP contribution in [0.4, 0.5) is 25.0 Å². The number of nitro benzene ring substituents is 2. The number of halogens is 2. The second-order valence-electron chi connectivity index (χ2n) is 4.35. The number of aryl methyl sites for hydroxylation is 1. The van der Waals surface area contributed by atoms with E-state index in [2.05, 4.69) is 16.1 Å². The first-order chi connectivity index (χ1) is 11.3. The molecular weight excluding hydrogens is 334 g/mol. The summed E-state index contributed by atoms with van der Waals surface area (Å²) in [6, 6.07) is 1.60. The Morgan fingerprint density at radius 2 is 1.96 bits per heavy atom. The monoisotopic (exact) mass is 346 g/mol. The summed E-state index contributed by atoms with van der Waals surface area (Å²) in [5.74, 6) is -0.591. The van der Waals surface area contributed by atoms with Gasteiger partial charge in [-0.05, 0) is 12.8 Å². The molecule has 0 aromatic heterocycles. The predicted molar refractivity (Wildman–Crippen MR) is 76.2 cm³/mol. The molecule has 0 unspecified atom stereocenters. The van der Waals surface area contributed by atoms with Crippen LogP contribution in [0.15, 0.2) is 24.8 Å². The van der Waals surface area contributed by atoms with Gasteiger partial charge in [-0.1, -0.05) is 6.08 Å². The standard InChI is InChI=1S/C13H12F2N2O7/c1-2-3-4-8-5-9(16(19)20)6-10(17(21)22)12(8)24-13(18)23-7-11(14)15/h2,5-6,11H,1,3-4,7H2. The van der Waals surface area contributed by atoms with Crippen LogP contribution in [0.25, 0.3) is 0 Å². The minimum absolute atomic E-state index is 0.0233. The Balaban J connectivity index is 3.26. The van der Waals surface area contributed by atoms with E-state index in [1.165, 1.54) is 6.08 Å². The van der Waals surface area contributed by atoms with Gasteiger partial charge in [-0.15, -0.1) is 6.58 Å². The summed E-state index contributed by atoms with van der Waals surface area (Å²) >= 11 is 0. The predicted octanol–water partition coefficient (Wildman–Crippen LogP) is 3.40. The number of hydrogen-bond acceptors (Lipinski definition) is 7. The molecule has 0 heterocycles. The first-order valence-electron chi connectivity index (χ1n) is 6.45. The molecule has 0 bridgehead atoms. The summed E-state index contributed by atoms with van der Waals surface area (Å²) < 4.78 is 32.7. The molecule has 1 aromatic rings. The highest BCUT2D eigenvalue weighted by molar-refractivity contribution is 5.69. The maximum atomic E-state index is 12.0. The Hall–Kier alpha value is -3.11. The maximum absolute atomic E-state index is 12.0. The minimum Gasteiger partial charge on any atom is -0.428 e. The number of carbonyl (C=O) groups excluding carboxylic acids is 1. The van der Waals surface area contributed by atoms with Gasteiger partial charge in [0.15, 0.2) is 6.61 Å². The van der Waals surface area contributed by atoms with Gasteiger partial charge in [0.25, 0.3) is 12.1 Å². The third-order valence-electron chi connectivity index (χ3n) is 2.67. The fraction of sp³-hybridized carbons (Fsp3) is 0.308. The van der Waals surface area contributed by atoms with Crippen LogP contribution in [-0.2, 0) is 11.2 Å². The number of carbonyl (C=O) groups is 1. The smallest absolute Gasteiger partial charge is 0.428 e. The molecule has 0 aliphatic heterocycles. The summed E-state index contributed by atoms with van der Waals surface area (Å²) in [6.45, 7) is 2.20. The average molecular weight is 346 g/mol. The minimum atomic E-state index is -2.94. The SMILES string of the molecule is C=CCCc1cc([N+](=O)[O-])cc([N+](=O)[O-])c1OC(=O)OCC(F)F. The third kappa shape index (κ3) is 5.26. The Labute approximate surface area is 133 Å². The molecule has 0 N–H and O–H groups in total. The average Bonchev–Trinajstić information content (AvgIpc) is 2.51. The topological polar surface area (TPSA) is 122 Å². The highest BCUT2D eigenvalue weighted by Crippen LogP contribution is 2.36. The van der Waals surface area contributed by atoms with E-state index in [0.717, 1.165) is 6.07 Å². The lowest BCUT2D eigenvalue weighted by atomic mass is 10.1. The van der Waals surface area contributed by atoms with Crippen molar-refractivity contribution >= 4 is 17.5 Å². The molecular formula is C13H12F2N2O7. The van der Waals surface area contributed by atoms with Crippen molar-refractivity contribution in [2.75, 3.05) is 6.61 Å². The normalized spacial score (nSPS) is 10.3. The molecule has 0 saturated carbocycles. The number of hydrogen-bond donors (Lipinski definition) is 0. The first kappa shape index (κ1) is 18.9. The highest BCUT2D eigenvalue weighted by atomic mass is 19.3. The van der Waals surface area contributed by atoms with Crippen molar-refractivity contribution in [2.45, 2.75) is 19.3 Å². The van der Waals surface area contributed by atoms with Crippen molar-refractivity contribution < 1.29 is 32.9 Å². The number of alkyl halides is 2. The van der Waals surface area contributed by atoms with E-state index in [1.54, 1.807) is 0 Å². The second kappa shape index (κ2) is 8.50. The lowest BCUT2D eigenvalue weighted by molar-refractivity contribution is -0.394. The number of non-ortho nitro benzene ring substituents is 1. The fourth-order valence-corrected chi connectivity index (χ4v) is 1.70. The number of nitro groups is 2. The zero-order valence-corrected chi connectivity index (χ0v) is 12.1. The number of nitrogens with zero attached hydrogens (tertiary/aromatic N) is 2. The zero-order chi connectivity index (χ0) is 18.3. The molecule has 130 valence electrons. The van der Waals surface area contributed by atoms with E-state index in [-0.39, 0.29) is 18.4 Å². The Kier molecular flexibility index (Phi) is 6.71. The van der Waals surface area contributed by atoms with Crippen LogP contribution >= 0.6 is 0 Å². The van der Waals surface area contributed by atoms with Crippen LogP contribution in [0.2, 0.25) is 0 Å². The molecule has 0 spiro atoms. The molecule has 9 nitrogen and oxygen atoms in total. The van der Waals surface area contributed by atoms with Crippen molar-refractivity contribution in [3.05, 3.63) is 50.6 Å². The van der Waals surface area contributed by atoms with Crippen molar-refractivity contribution in [2.24, 2.45) is 0 Å². The van der Waals surface area contributed by atoms with Crippen molar-refractivity contribution in [1.82, 2.24) is 0 Å². The van der Waals surface area contributed by atoms with Crippen LogP contribution in [0.3, 0.4) is 0 Å². The molecule has 0 fully saturated rings. The van der Waals surface area contributed by atoms with Gasteiger partial charge < -0.3 is 9.47 Å². The number of allylic oxidation sites excluding steroid dienone is 1. The van der Waals surface area contributed by atoms with Gasteiger partial charge >= 0.3 is 11.8 Å². The molecule has 1 aromatic carbocycles. The van der Waals surface area contributed by atoms with Gasteiger partial charge in [-0.3, -0.25) is 20.2 Å². The van der Waals surface area contributed by atoms with Crippen LogP contribution in [0.5, 0.6) is 5.75 Å². The van der Waals surface area contributed by atoms with Gasteiger partial charge in [0.05, 0.1) is 15.9 Å². The molecule has 0 aliphatic rings. The van der Waals surface area contributed by atoms with Gasteiger partial charge in [-0.25, -0.2) is 13.6 Å². The zero-order valence-electron chi connectivity index (χ0n) is 12.1. The van der Waals surface area contributed by atoms with Crippen LogP contribution in [0, 0.1) is 20.2 Å². The number of benzene rings is 1. The van der Waals surface area contributed by atoms with Gasteiger partial charge in [0.1, 0.15) is 0 Å². The summed E-state index contributed by atoms with van der Waals surface area (Å²) in [4.78, 5) is 31.5. The quantitative estimate of drug-likeness (QED) is 0.232. The van der Waals surface area contributed by atoms with Crippen molar-refractivity contribution in [3.63, 3.8) is 0 Å². The van der Waals surface area contributed by atoms with Crippen LogP contribution in [0.1, 0.15) is 12.0 Å².